The fourth-order valence-electron chi connectivity index (χ4n) is 1.96. The largest absolute Gasteiger partial charge is 0.383 e. The first kappa shape index (κ1) is 14.8. The topological polar surface area (TPSA) is 12.0 Å². The molecule has 0 fully saturated rings. The minimum absolute atomic E-state index is 0.580. The van der Waals surface area contributed by atoms with Crippen LogP contribution in [-0.2, 0) is 0 Å². The highest BCUT2D eigenvalue weighted by atomic mass is 127. The number of nitrogens with one attached hydrogen (secondary N) is 1. The minimum atomic E-state index is 0.580. The van der Waals surface area contributed by atoms with Gasteiger partial charge in [0.15, 0.2) is 0 Å². The third kappa shape index (κ3) is 6.92. The summed E-state index contributed by atoms with van der Waals surface area (Å²) in [6.07, 6.45) is 8.11. The van der Waals surface area contributed by atoms with Crippen molar-refractivity contribution in [2.75, 3.05) is 5.32 Å². The van der Waals surface area contributed by atoms with Gasteiger partial charge in [-0.05, 0) is 60.2 Å². The summed E-state index contributed by atoms with van der Waals surface area (Å²) in [6.45, 7) is 4.54. The number of hydrogen-bond acceptors (Lipinski definition) is 1. The molecular weight excluding hydrogens is 321 g/mol. The van der Waals surface area contributed by atoms with E-state index < -0.39 is 0 Å². The first-order valence-electron chi connectivity index (χ1n) is 6.74. The number of rotatable bonds is 8. The minimum Gasteiger partial charge on any atom is -0.383 e. The van der Waals surface area contributed by atoms with Crippen molar-refractivity contribution in [3.05, 3.63) is 27.8 Å². The molecule has 1 rings (SSSR count). The van der Waals surface area contributed by atoms with Crippen molar-refractivity contribution in [3.63, 3.8) is 0 Å². The van der Waals surface area contributed by atoms with Crippen molar-refractivity contribution < 1.29 is 0 Å². The molecular formula is C15H24IN. The van der Waals surface area contributed by atoms with E-state index in [1.165, 1.54) is 47.8 Å². The van der Waals surface area contributed by atoms with Gasteiger partial charge in [-0.3, -0.25) is 0 Å². The zero-order valence-corrected chi connectivity index (χ0v) is 13.2. The van der Waals surface area contributed by atoms with Gasteiger partial charge in [0.25, 0.3) is 0 Å². The maximum absolute atomic E-state index is 3.56. The fourth-order valence-corrected chi connectivity index (χ4v) is 2.32. The van der Waals surface area contributed by atoms with Crippen LogP contribution in [0.25, 0.3) is 0 Å². The SMILES string of the molecule is CCCCCCCC(C)Nc1ccc(I)cc1. The molecule has 1 aromatic carbocycles. The maximum atomic E-state index is 3.56. The van der Waals surface area contributed by atoms with Crippen LogP contribution in [0.15, 0.2) is 24.3 Å². The molecule has 0 spiro atoms. The molecule has 0 aliphatic rings. The first-order valence-corrected chi connectivity index (χ1v) is 7.82. The summed E-state index contributed by atoms with van der Waals surface area (Å²) in [5.74, 6) is 0. The Hall–Kier alpha value is -0.250. The summed E-state index contributed by atoms with van der Waals surface area (Å²) in [7, 11) is 0. The first-order chi connectivity index (χ1) is 8.22. The Kier molecular flexibility index (Phi) is 7.65. The predicted octanol–water partition coefficient (Wildman–Crippen LogP) is 5.45. The third-order valence-corrected chi connectivity index (χ3v) is 3.72. The van der Waals surface area contributed by atoms with Gasteiger partial charge in [-0.2, -0.15) is 0 Å². The molecule has 0 aliphatic carbocycles. The molecule has 0 saturated heterocycles. The van der Waals surface area contributed by atoms with E-state index in [1.54, 1.807) is 0 Å². The van der Waals surface area contributed by atoms with Crippen molar-refractivity contribution >= 4 is 28.3 Å². The molecule has 0 bridgehead atoms. The third-order valence-electron chi connectivity index (χ3n) is 3.00. The monoisotopic (exact) mass is 345 g/mol. The Morgan fingerprint density at radius 2 is 1.71 bits per heavy atom. The molecule has 0 radical (unpaired) electrons. The Bertz CT molecular complexity index is 294. The van der Waals surface area contributed by atoms with Crippen molar-refractivity contribution in [1.82, 2.24) is 0 Å². The van der Waals surface area contributed by atoms with E-state index in [4.69, 9.17) is 0 Å². The normalized spacial score (nSPS) is 12.4. The van der Waals surface area contributed by atoms with Crippen LogP contribution >= 0.6 is 22.6 Å². The lowest BCUT2D eigenvalue weighted by molar-refractivity contribution is 0.578. The molecule has 1 nitrogen and oxygen atoms in total. The van der Waals surface area contributed by atoms with Gasteiger partial charge in [0.05, 0.1) is 0 Å². The maximum Gasteiger partial charge on any atom is 0.0342 e. The molecule has 1 aromatic rings. The van der Waals surface area contributed by atoms with Crippen molar-refractivity contribution in [2.45, 2.75) is 58.4 Å². The summed E-state index contributed by atoms with van der Waals surface area (Å²) in [6, 6.07) is 9.20. The van der Waals surface area contributed by atoms with Crippen LogP contribution < -0.4 is 5.32 Å². The number of unbranched alkanes of at least 4 members (excludes halogenated alkanes) is 4. The highest BCUT2D eigenvalue weighted by molar-refractivity contribution is 14.1. The van der Waals surface area contributed by atoms with E-state index in [0.717, 1.165) is 0 Å². The fraction of sp³-hybridized carbons (Fsp3) is 0.600. The van der Waals surface area contributed by atoms with Crippen LogP contribution in [0.4, 0.5) is 5.69 Å². The van der Waals surface area contributed by atoms with Gasteiger partial charge in [0.1, 0.15) is 0 Å². The molecule has 2 heteroatoms. The zero-order chi connectivity index (χ0) is 12.5. The standard InChI is InChI=1S/C15H24IN/c1-3-4-5-6-7-8-13(2)17-15-11-9-14(16)10-12-15/h9-13,17H,3-8H2,1-2H3. The summed E-state index contributed by atoms with van der Waals surface area (Å²) in [5.41, 5.74) is 1.24. The highest BCUT2D eigenvalue weighted by Gasteiger charge is 2.01. The molecule has 1 unspecified atom stereocenters. The van der Waals surface area contributed by atoms with Crippen LogP contribution in [0.3, 0.4) is 0 Å². The average Bonchev–Trinajstić information content (AvgIpc) is 2.32. The smallest absolute Gasteiger partial charge is 0.0342 e. The van der Waals surface area contributed by atoms with E-state index in [0.29, 0.717) is 6.04 Å². The van der Waals surface area contributed by atoms with Crippen molar-refractivity contribution in [2.24, 2.45) is 0 Å². The van der Waals surface area contributed by atoms with Gasteiger partial charge in [0.2, 0.25) is 0 Å². The summed E-state index contributed by atoms with van der Waals surface area (Å²) >= 11 is 2.34. The molecule has 0 saturated carbocycles. The lowest BCUT2D eigenvalue weighted by atomic mass is 10.1. The molecule has 17 heavy (non-hydrogen) atoms. The van der Waals surface area contributed by atoms with Gasteiger partial charge in [-0.25, -0.2) is 0 Å². The van der Waals surface area contributed by atoms with E-state index in [9.17, 15) is 0 Å². The van der Waals surface area contributed by atoms with Crippen LogP contribution in [0.5, 0.6) is 0 Å². The van der Waals surface area contributed by atoms with E-state index in [2.05, 4.69) is 66.0 Å². The van der Waals surface area contributed by atoms with E-state index >= 15 is 0 Å². The summed E-state index contributed by atoms with van der Waals surface area (Å²) in [5, 5.41) is 3.56. The second-order valence-corrected chi connectivity index (χ2v) is 6.00. The molecule has 0 amide bonds. The van der Waals surface area contributed by atoms with Gasteiger partial charge in [-0.1, -0.05) is 39.0 Å². The zero-order valence-electron chi connectivity index (χ0n) is 11.0. The number of anilines is 1. The second kappa shape index (κ2) is 8.78. The van der Waals surface area contributed by atoms with Crippen LogP contribution in [0, 0.1) is 3.57 Å². The summed E-state index contributed by atoms with van der Waals surface area (Å²) < 4.78 is 1.29. The van der Waals surface area contributed by atoms with Gasteiger partial charge in [0, 0.05) is 15.3 Å². The quantitative estimate of drug-likeness (QED) is 0.488. The Balaban J connectivity index is 2.16. The second-order valence-electron chi connectivity index (χ2n) is 4.76. The Labute approximate surface area is 120 Å². The summed E-state index contributed by atoms with van der Waals surface area (Å²) in [4.78, 5) is 0. The molecule has 1 atom stereocenters. The van der Waals surface area contributed by atoms with Crippen molar-refractivity contribution in [1.29, 1.82) is 0 Å². The number of benzene rings is 1. The highest BCUT2D eigenvalue weighted by Crippen LogP contribution is 2.14. The average molecular weight is 345 g/mol. The van der Waals surface area contributed by atoms with Crippen LogP contribution in [-0.4, -0.2) is 6.04 Å². The van der Waals surface area contributed by atoms with Gasteiger partial charge < -0.3 is 5.32 Å². The Morgan fingerprint density at radius 3 is 2.35 bits per heavy atom. The lowest BCUT2D eigenvalue weighted by Gasteiger charge is -2.15. The molecule has 0 aliphatic heterocycles. The van der Waals surface area contributed by atoms with Gasteiger partial charge in [-0.15, -0.1) is 0 Å². The number of halogens is 1. The molecule has 0 aromatic heterocycles. The Morgan fingerprint density at radius 1 is 1.06 bits per heavy atom. The lowest BCUT2D eigenvalue weighted by Crippen LogP contribution is -2.14. The van der Waals surface area contributed by atoms with Gasteiger partial charge >= 0.3 is 0 Å². The van der Waals surface area contributed by atoms with E-state index in [1.807, 2.05) is 0 Å². The van der Waals surface area contributed by atoms with E-state index in [-0.39, 0.29) is 0 Å². The molecule has 0 heterocycles. The van der Waals surface area contributed by atoms with Crippen LogP contribution in [0.1, 0.15) is 52.4 Å². The van der Waals surface area contributed by atoms with Crippen molar-refractivity contribution in [3.8, 4) is 0 Å². The molecule has 96 valence electrons. The predicted molar refractivity (Wildman–Crippen MR) is 85.6 cm³/mol. The number of hydrogen-bond donors (Lipinski definition) is 1. The molecule has 1 N–H and O–H groups in total. The van der Waals surface area contributed by atoms with Crippen LogP contribution in [0.2, 0.25) is 0 Å².